The predicted octanol–water partition coefficient (Wildman–Crippen LogP) is 4.83. The molecule has 0 N–H and O–H groups in total. The minimum Gasteiger partial charge on any atom is -0.493 e. The summed E-state index contributed by atoms with van der Waals surface area (Å²) in [5.74, 6) is 1.95. The number of methoxy groups -OCH3 is 3. The molecule has 31 heavy (non-hydrogen) atoms. The Morgan fingerprint density at radius 3 is 2.23 bits per heavy atom. The van der Waals surface area contributed by atoms with Gasteiger partial charge >= 0.3 is 0 Å². The Bertz CT molecular complexity index is 980. The molecule has 3 aromatic carbocycles. The molecule has 3 aromatic rings. The molecule has 1 aliphatic heterocycles. The molecule has 5 heteroatoms. The molecule has 0 aromatic heterocycles. The lowest BCUT2D eigenvalue weighted by atomic mass is 9.95. The normalized spacial score (nSPS) is 16.7. The van der Waals surface area contributed by atoms with Gasteiger partial charge in [-0.3, -0.25) is 4.90 Å². The topological polar surface area (TPSA) is 40.2 Å². The number of fused-ring (bicyclic) bond motifs is 1. The zero-order chi connectivity index (χ0) is 21.6. The van der Waals surface area contributed by atoms with Gasteiger partial charge in [0.25, 0.3) is 0 Å². The molecule has 0 radical (unpaired) electrons. The highest BCUT2D eigenvalue weighted by molar-refractivity contribution is 5.53. The average molecular weight is 420 g/mol. The van der Waals surface area contributed by atoms with Gasteiger partial charge in [0.1, 0.15) is 6.10 Å². The Morgan fingerprint density at radius 2 is 1.55 bits per heavy atom. The van der Waals surface area contributed by atoms with E-state index in [0.29, 0.717) is 23.9 Å². The second-order valence-electron chi connectivity index (χ2n) is 7.60. The van der Waals surface area contributed by atoms with Gasteiger partial charge in [-0.2, -0.15) is 0 Å². The van der Waals surface area contributed by atoms with E-state index in [1.165, 1.54) is 16.7 Å². The third kappa shape index (κ3) is 4.68. The van der Waals surface area contributed by atoms with Gasteiger partial charge in [-0.1, -0.05) is 54.6 Å². The van der Waals surface area contributed by atoms with Crippen molar-refractivity contribution in [2.75, 3.05) is 34.5 Å². The Morgan fingerprint density at radius 1 is 0.871 bits per heavy atom. The van der Waals surface area contributed by atoms with Crippen LogP contribution in [0.25, 0.3) is 0 Å². The molecule has 0 spiro atoms. The second-order valence-corrected chi connectivity index (χ2v) is 7.60. The number of hydrogen-bond acceptors (Lipinski definition) is 5. The molecule has 0 saturated carbocycles. The molecule has 0 bridgehead atoms. The summed E-state index contributed by atoms with van der Waals surface area (Å²) in [4.78, 5) is 2.39. The van der Waals surface area contributed by atoms with Gasteiger partial charge in [0.05, 0.1) is 27.9 Å². The molecule has 5 nitrogen and oxygen atoms in total. The highest BCUT2D eigenvalue weighted by Gasteiger charge is 2.23. The molecule has 0 saturated heterocycles. The summed E-state index contributed by atoms with van der Waals surface area (Å²) in [6.07, 6.45) is -0.0410. The highest BCUT2D eigenvalue weighted by atomic mass is 16.5. The Kier molecular flexibility index (Phi) is 6.75. The molecule has 0 aliphatic carbocycles. The summed E-state index contributed by atoms with van der Waals surface area (Å²) in [5.41, 5.74) is 4.80. The maximum atomic E-state index is 6.38. The molecule has 1 atom stereocenters. The van der Waals surface area contributed by atoms with E-state index in [4.69, 9.17) is 18.9 Å². The van der Waals surface area contributed by atoms with E-state index in [1.54, 1.807) is 21.3 Å². The minimum atomic E-state index is -0.0410. The minimum absolute atomic E-state index is 0.0410. The van der Waals surface area contributed by atoms with Crippen molar-refractivity contribution in [3.05, 3.63) is 89.0 Å². The van der Waals surface area contributed by atoms with Crippen LogP contribution in [0.2, 0.25) is 0 Å². The lowest BCUT2D eigenvalue weighted by Crippen LogP contribution is -2.30. The van der Waals surface area contributed by atoms with Crippen LogP contribution in [0, 0.1) is 0 Å². The summed E-state index contributed by atoms with van der Waals surface area (Å²) >= 11 is 0. The quantitative estimate of drug-likeness (QED) is 0.572. The molecular formula is C26H29NO4. The van der Waals surface area contributed by atoms with Crippen molar-refractivity contribution in [2.24, 2.45) is 0 Å². The molecule has 0 fully saturated rings. The van der Waals surface area contributed by atoms with Crippen LogP contribution in [0.4, 0.5) is 0 Å². The fourth-order valence-electron chi connectivity index (χ4n) is 4.17. The van der Waals surface area contributed by atoms with Crippen LogP contribution in [0.5, 0.6) is 17.2 Å². The van der Waals surface area contributed by atoms with Gasteiger partial charge in [0.15, 0.2) is 11.5 Å². The smallest absolute Gasteiger partial charge is 0.203 e. The fraction of sp³-hybridized carbons (Fsp3) is 0.308. The maximum Gasteiger partial charge on any atom is 0.203 e. The van der Waals surface area contributed by atoms with Crippen molar-refractivity contribution in [1.29, 1.82) is 0 Å². The molecular weight excluding hydrogens is 390 g/mol. The fourth-order valence-corrected chi connectivity index (χ4v) is 4.17. The number of benzene rings is 3. The predicted molar refractivity (Wildman–Crippen MR) is 121 cm³/mol. The van der Waals surface area contributed by atoms with Crippen LogP contribution in [0.15, 0.2) is 66.7 Å². The number of ether oxygens (including phenoxy) is 4. The van der Waals surface area contributed by atoms with Crippen molar-refractivity contribution in [1.82, 2.24) is 4.90 Å². The van der Waals surface area contributed by atoms with Crippen molar-refractivity contribution in [3.63, 3.8) is 0 Å². The van der Waals surface area contributed by atoms with Crippen molar-refractivity contribution >= 4 is 0 Å². The standard InChI is InChI=1S/C26H29NO4/c1-28-23-15-19(16-24(29-2)26(23)30-3)17-27-13-14-31-25(20-9-5-4-6-10-20)22-12-8-7-11-21(22)18-27/h4-12,15-16,25H,13-14,17-18H2,1-3H3. The highest BCUT2D eigenvalue weighted by Crippen LogP contribution is 2.39. The summed E-state index contributed by atoms with van der Waals surface area (Å²) in [6.45, 7) is 3.08. The van der Waals surface area contributed by atoms with Crippen LogP contribution < -0.4 is 14.2 Å². The van der Waals surface area contributed by atoms with Crippen LogP contribution >= 0.6 is 0 Å². The van der Waals surface area contributed by atoms with Gasteiger partial charge in [0, 0.05) is 19.6 Å². The third-order valence-corrected chi connectivity index (χ3v) is 5.66. The van der Waals surface area contributed by atoms with Crippen molar-refractivity contribution in [2.45, 2.75) is 19.2 Å². The zero-order valence-electron chi connectivity index (χ0n) is 18.3. The van der Waals surface area contributed by atoms with Crippen LogP contribution in [0.3, 0.4) is 0 Å². The van der Waals surface area contributed by atoms with E-state index in [0.717, 1.165) is 25.2 Å². The first-order valence-corrected chi connectivity index (χ1v) is 10.5. The van der Waals surface area contributed by atoms with Crippen molar-refractivity contribution in [3.8, 4) is 17.2 Å². The number of rotatable bonds is 6. The molecule has 0 amide bonds. The van der Waals surface area contributed by atoms with E-state index >= 15 is 0 Å². The SMILES string of the molecule is COc1cc(CN2CCOC(c3ccccc3)c3ccccc3C2)cc(OC)c1OC. The molecule has 1 heterocycles. The third-order valence-electron chi connectivity index (χ3n) is 5.66. The Balaban J connectivity index is 1.61. The van der Waals surface area contributed by atoms with E-state index in [1.807, 2.05) is 18.2 Å². The van der Waals surface area contributed by atoms with Crippen LogP contribution in [0.1, 0.15) is 28.4 Å². The van der Waals surface area contributed by atoms with Gasteiger partial charge < -0.3 is 18.9 Å². The number of nitrogens with zero attached hydrogens (tertiary/aromatic N) is 1. The van der Waals surface area contributed by atoms with Gasteiger partial charge in [-0.25, -0.2) is 0 Å². The van der Waals surface area contributed by atoms with Crippen LogP contribution in [-0.2, 0) is 17.8 Å². The van der Waals surface area contributed by atoms with Crippen molar-refractivity contribution < 1.29 is 18.9 Å². The van der Waals surface area contributed by atoms with Gasteiger partial charge in [-0.05, 0) is 34.4 Å². The second kappa shape index (κ2) is 9.86. The largest absolute Gasteiger partial charge is 0.493 e. The molecule has 162 valence electrons. The summed E-state index contributed by atoms with van der Waals surface area (Å²) in [7, 11) is 4.91. The lowest BCUT2D eigenvalue weighted by molar-refractivity contribution is 0.0472. The first kappa shape index (κ1) is 21.2. The van der Waals surface area contributed by atoms with E-state index in [9.17, 15) is 0 Å². The first-order chi connectivity index (χ1) is 15.2. The summed E-state index contributed by atoms with van der Waals surface area (Å²) < 4.78 is 22.9. The summed E-state index contributed by atoms with van der Waals surface area (Å²) in [6, 6.07) is 23.0. The maximum absolute atomic E-state index is 6.38. The first-order valence-electron chi connectivity index (χ1n) is 10.5. The zero-order valence-corrected chi connectivity index (χ0v) is 18.3. The Hall–Kier alpha value is -3.02. The van der Waals surface area contributed by atoms with E-state index < -0.39 is 0 Å². The average Bonchev–Trinajstić information content (AvgIpc) is 2.80. The summed E-state index contributed by atoms with van der Waals surface area (Å²) in [5, 5.41) is 0. The Labute approximate surface area is 184 Å². The number of hydrogen-bond donors (Lipinski definition) is 0. The lowest BCUT2D eigenvalue weighted by Gasteiger charge is -2.30. The molecule has 1 unspecified atom stereocenters. The van der Waals surface area contributed by atoms with E-state index in [2.05, 4.69) is 53.4 Å². The van der Waals surface area contributed by atoms with Gasteiger partial charge in [-0.15, -0.1) is 0 Å². The molecule has 4 rings (SSSR count). The van der Waals surface area contributed by atoms with Crippen LogP contribution in [-0.4, -0.2) is 39.4 Å². The van der Waals surface area contributed by atoms with E-state index in [-0.39, 0.29) is 6.10 Å². The van der Waals surface area contributed by atoms with Gasteiger partial charge in [0.2, 0.25) is 5.75 Å². The molecule has 1 aliphatic rings. The monoisotopic (exact) mass is 419 g/mol.